The summed E-state index contributed by atoms with van der Waals surface area (Å²) < 4.78 is 7.35. The number of alkyl carbamates (subject to hydrolysis) is 1. The number of amides is 1. The maximum Gasteiger partial charge on any atom is 0.408 e. The number of aromatic nitrogens is 2. The van der Waals surface area contributed by atoms with E-state index in [0.29, 0.717) is 6.54 Å². The van der Waals surface area contributed by atoms with E-state index in [4.69, 9.17) is 4.74 Å². The molecule has 0 bridgehead atoms. The molecule has 0 saturated carbocycles. The first kappa shape index (κ1) is 27.5. The molecule has 168 valence electrons. The predicted molar refractivity (Wildman–Crippen MR) is 129 cm³/mol. The summed E-state index contributed by atoms with van der Waals surface area (Å²) in [5, 5.41) is 13.9. The van der Waals surface area contributed by atoms with Gasteiger partial charge in [0.2, 0.25) is 0 Å². The quantitative estimate of drug-likeness (QED) is 0.211. The summed E-state index contributed by atoms with van der Waals surface area (Å²) in [7, 11) is 0. The molecule has 0 spiro atoms. The Morgan fingerprint density at radius 1 is 1.21 bits per heavy atom. The fraction of sp³-hybridized carbons (Fsp3) is 0.750. The van der Waals surface area contributed by atoms with Crippen molar-refractivity contribution >= 4 is 36.0 Å². The summed E-state index contributed by atoms with van der Waals surface area (Å²) in [5.41, 5.74) is 1.17. The van der Waals surface area contributed by atoms with Gasteiger partial charge in [0, 0.05) is 25.3 Å². The Balaban J connectivity index is 0.00000784. The van der Waals surface area contributed by atoms with Crippen LogP contribution in [-0.4, -0.2) is 52.6 Å². The second kappa shape index (κ2) is 12.2. The summed E-state index contributed by atoms with van der Waals surface area (Å²) in [4.78, 5) is 16.6. The van der Waals surface area contributed by atoms with E-state index < -0.39 is 17.2 Å². The molecule has 9 heteroatoms. The maximum absolute atomic E-state index is 12.0. The molecule has 0 fully saturated rings. The van der Waals surface area contributed by atoms with Crippen molar-refractivity contribution in [3.63, 3.8) is 0 Å². The first-order chi connectivity index (χ1) is 12.9. The Kier molecular flexibility index (Phi) is 11.6. The lowest BCUT2D eigenvalue weighted by atomic mass is 10.1. The molecule has 0 aromatic carbocycles. The van der Waals surface area contributed by atoms with Crippen LogP contribution < -0.4 is 16.0 Å². The van der Waals surface area contributed by atoms with E-state index in [9.17, 15) is 4.79 Å². The number of hydrogen-bond acceptors (Lipinski definition) is 4. The van der Waals surface area contributed by atoms with Crippen LogP contribution in [-0.2, 0) is 11.3 Å². The highest BCUT2D eigenvalue weighted by atomic mass is 127. The van der Waals surface area contributed by atoms with E-state index >= 15 is 0 Å². The first-order valence-electron chi connectivity index (χ1n) is 9.96. The molecule has 1 aromatic rings. The first-order valence-corrected chi connectivity index (χ1v) is 9.96. The molecule has 0 saturated heterocycles. The Morgan fingerprint density at radius 3 is 2.38 bits per heavy atom. The highest BCUT2D eigenvalue weighted by molar-refractivity contribution is 14.0. The number of guanidine groups is 1. The Labute approximate surface area is 192 Å². The SMILES string of the molecule is CCNC(=NCC(C)(C)NC(=O)OC(C)(C)C)NCCCn1nc(C)cc1C.I. The number of carbonyl (C=O) groups excluding carboxylic acids is 1. The number of rotatable bonds is 8. The van der Waals surface area contributed by atoms with Gasteiger partial charge in [0.25, 0.3) is 0 Å². The van der Waals surface area contributed by atoms with Crippen LogP contribution in [0.2, 0.25) is 0 Å². The number of aliphatic imine (C=N–C) groups is 1. The van der Waals surface area contributed by atoms with E-state index in [1.165, 1.54) is 5.69 Å². The van der Waals surface area contributed by atoms with Crippen LogP contribution in [0, 0.1) is 13.8 Å². The smallest absolute Gasteiger partial charge is 0.408 e. The molecule has 0 atom stereocenters. The monoisotopic (exact) mass is 522 g/mol. The van der Waals surface area contributed by atoms with Gasteiger partial charge in [-0.25, -0.2) is 4.79 Å². The van der Waals surface area contributed by atoms with Gasteiger partial charge in [0.1, 0.15) is 5.60 Å². The topological polar surface area (TPSA) is 92.6 Å². The molecule has 0 aliphatic rings. The van der Waals surface area contributed by atoms with Crippen molar-refractivity contribution in [3.8, 4) is 0 Å². The lowest BCUT2D eigenvalue weighted by Gasteiger charge is -2.27. The van der Waals surface area contributed by atoms with Crippen LogP contribution in [0.25, 0.3) is 0 Å². The summed E-state index contributed by atoms with van der Waals surface area (Å²) in [6.45, 7) is 18.3. The summed E-state index contributed by atoms with van der Waals surface area (Å²) in [5.74, 6) is 0.731. The van der Waals surface area contributed by atoms with Crippen molar-refractivity contribution in [2.75, 3.05) is 19.6 Å². The van der Waals surface area contributed by atoms with Crippen molar-refractivity contribution < 1.29 is 9.53 Å². The molecule has 0 aliphatic carbocycles. The van der Waals surface area contributed by atoms with Gasteiger partial charge in [-0.05, 0) is 67.9 Å². The van der Waals surface area contributed by atoms with Gasteiger partial charge in [-0.3, -0.25) is 9.67 Å². The molecule has 1 rings (SSSR count). The van der Waals surface area contributed by atoms with Gasteiger partial charge in [-0.1, -0.05) is 0 Å². The molecule has 0 unspecified atom stereocenters. The highest BCUT2D eigenvalue weighted by Gasteiger charge is 2.24. The van der Waals surface area contributed by atoms with Crippen molar-refractivity contribution in [2.45, 2.75) is 79.5 Å². The normalized spacial score (nSPS) is 12.2. The molecule has 1 heterocycles. The molecule has 29 heavy (non-hydrogen) atoms. The number of ether oxygens (including phenoxy) is 1. The average molecular weight is 522 g/mol. The van der Waals surface area contributed by atoms with Crippen LogP contribution >= 0.6 is 24.0 Å². The van der Waals surface area contributed by atoms with Gasteiger partial charge in [-0.15, -0.1) is 24.0 Å². The minimum absolute atomic E-state index is 0. The Morgan fingerprint density at radius 2 is 1.86 bits per heavy atom. The third-order valence-electron chi connectivity index (χ3n) is 3.76. The second-order valence-electron chi connectivity index (χ2n) is 8.64. The van der Waals surface area contributed by atoms with Crippen molar-refractivity contribution in [1.82, 2.24) is 25.7 Å². The van der Waals surface area contributed by atoms with Crippen LogP contribution in [0.5, 0.6) is 0 Å². The molecule has 3 N–H and O–H groups in total. The van der Waals surface area contributed by atoms with Crippen molar-refractivity contribution in [2.24, 2.45) is 4.99 Å². The lowest BCUT2D eigenvalue weighted by molar-refractivity contribution is 0.0476. The van der Waals surface area contributed by atoms with E-state index in [2.05, 4.69) is 39.0 Å². The Bertz CT molecular complexity index is 664. The van der Waals surface area contributed by atoms with E-state index in [-0.39, 0.29) is 24.0 Å². The fourth-order valence-corrected chi connectivity index (χ4v) is 2.57. The van der Waals surface area contributed by atoms with E-state index in [0.717, 1.165) is 37.7 Å². The van der Waals surface area contributed by atoms with E-state index in [1.807, 2.05) is 53.1 Å². The van der Waals surface area contributed by atoms with Crippen LogP contribution in [0.3, 0.4) is 0 Å². The van der Waals surface area contributed by atoms with Crippen LogP contribution in [0.1, 0.15) is 59.4 Å². The number of aryl methyl sites for hydroxylation is 3. The number of nitrogens with zero attached hydrogens (tertiary/aromatic N) is 3. The number of halogens is 1. The van der Waals surface area contributed by atoms with Gasteiger partial charge in [0.15, 0.2) is 5.96 Å². The molecule has 0 radical (unpaired) electrons. The zero-order chi connectivity index (χ0) is 21.4. The molecule has 0 aliphatic heterocycles. The minimum atomic E-state index is -0.522. The Hall–Kier alpha value is -1.52. The van der Waals surface area contributed by atoms with Gasteiger partial charge in [0.05, 0.1) is 17.8 Å². The maximum atomic E-state index is 12.0. The van der Waals surface area contributed by atoms with Gasteiger partial charge >= 0.3 is 6.09 Å². The molecular formula is C20H39IN6O2. The lowest BCUT2D eigenvalue weighted by Crippen LogP contribution is -2.49. The highest BCUT2D eigenvalue weighted by Crippen LogP contribution is 2.09. The standard InChI is InChI=1S/C20H38N6O2.HI/c1-9-21-17(22-11-10-12-26-16(3)13-15(2)25-26)23-14-20(7,8)24-18(27)28-19(4,5)6;/h13H,9-12,14H2,1-8H3,(H,24,27)(H2,21,22,23);1H. The number of carbonyl (C=O) groups is 1. The van der Waals surface area contributed by atoms with Crippen molar-refractivity contribution in [1.29, 1.82) is 0 Å². The fourth-order valence-electron chi connectivity index (χ4n) is 2.57. The predicted octanol–water partition coefficient (Wildman–Crippen LogP) is 3.37. The van der Waals surface area contributed by atoms with Crippen LogP contribution in [0.4, 0.5) is 4.79 Å². The minimum Gasteiger partial charge on any atom is -0.444 e. The molecule has 8 nitrogen and oxygen atoms in total. The third kappa shape index (κ3) is 11.9. The summed E-state index contributed by atoms with van der Waals surface area (Å²) >= 11 is 0. The van der Waals surface area contributed by atoms with Gasteiger partial charge < -0.3 is 20.7 Å². The van der Waals surface area contributed by atoms with Gasteiger partial charge in [-0.2, -0.15) is 5.10 Å². The molecule has 1 amide bonds. The number of hydrogen-bond donors (Lipinski definition) is 3. The second-order valence-corrected chi connectivity index (χ2v) is 8.64. The zero-order valence-corrected chi connectivity index (χ0v) is 21.5. The van der Waals surface area contributed by atoms with E-state index in [1.54, 1.807) is 0 Å². The third-order valence-corrected chi connectivity index (χ3v) is 3.76. The average Bonchev–Trinajstić information content (AvgIpc) is 2.84. The number of nitrogens with one attached hydrogen (secondary N) is 3. The summed E-state index contributed by atoms with van der Waals surface area (Å²) in [6.07, 6.45) is 0.502. The molecule has 1 aromatic heterocycles. The summed E-state index contributed by atoms with van der Waals surface area (Å²) in [6, 6.07) is 2.08. The zero-order valence-electron chi connectivity index (χ0n) is 19.2. The molecular weight excluding hydrogens is 483 g/mol. The van der Waals surface area contributed by atoms with Crippen molar-refractivity contribution in [3.05, 3.63) is 17.5 Å². The van der Waals surface area contributed by atoms with Crippen LogP contribution in [0.15, 0.2) is 11.1 Å². The largest absolute Gasteiger partial charge is 0.444 e.